The van der Waals surface area contributed by atoms with E-state index in [0.29, 0.717) is 17.9 Å². The van der Waals surface area contributed by atoms with Crippen molar-refractivity contribution in [1.29, 1.82) is 0 Å². The topological polar surface area (TPSA) is 34.4 Å². The molecule has 1 atom stereocenters. The Morgan fingerprint density at radius 1 is 1.20 bits per heavy atom. The lowest BCUT2D eigenvalue weighted by Crippen LogP contribution is -2.24. The van der Waals surface area contributed by atoms with Gasteiger partial charge in [-0.1, -0.05) is 25.1 Å². The number of hydrogen-bond donors (Lipinski definition) is 1. The van der Waals surface area contributed by atoms with Crippen LogP contribution in [0.25, 0.3) is 0 Å². The van der Waals surface area contributed by atoms with Crippen molar-refractivity contribution >= 4 is 0 Å². The van der Waals surface area contributed by atoms with E-state index in [-0.39, 0.29) is 5.75 Å². The van der Waals surface area contributed by atoms with Crippen LogP contribution in [0.3, 0.4) is 0 Å². The van der Waals surface area contributed by atoms with Gasteiger partial charge in [-0.15, -0.1) is 13.2 Å². The van der Waals surface area contributed by atoms with E-state index in [1.54, 1.807) is 24.3 Å². The van der Waals surface area contributed by atoms with Crippen LogP contribution < -0.4 is 10.1 Å². The van der Waals surface area contributed by atoms with Gasteiger partial charge in [0.05, 0.1) is 12.3 Å². The van der Waals surface area contributed by atoms with Gasteiger partial charge in [0.15, 0.2) is 0 Å². The highest BCUT2D eigenvalue weighted by atomic mass is 19.4. The molecule has 2 rings (SSSR count). The highest BCUT2D eigenvalue weighted by Gasteiger charge is 2.33. The molecule has 1 aromatic heterocycles. The van der Waals surface area contributed by atoms with Gasteiger partial charge < -0.3 is 14.5 Å². The molecule has 108 valence electrons. The fourth-order valence-electron chi connectivity index (χ4n) is 1.96. The maximum atomic E-state index is 12.4. The summed E-state index contributed by atoms with van der Waals surface area (Å²) in [5.41, 5.74) is 0.377. The summed E-state index contributed by atoms with van der Waals surface area (Å²) in [5.74, 6) is 0.299. The first-order valence-electron chi connectivity index (χ1n) is 6.12. The number of rotatable bonds is 5. The summed E-state index contributed by atoms with van der Waals surface area (Å²) in [4.78, 5) is 0. The maximum absolute atomic E-state index is 12.4. The second-order valence-electron chi connectivity index (χ2n) is 4.09. The van der Waals surface area contributed by atoms with E-state index in [4.69, 9.17) is 4.42 Å². The standard InChI is InChI=1S/C14H14F3NO2/c1-2-18-13(12-8-5-9-19-12)10-6-3-4-7-11(10)20-14(15,16)17/h3-9,13,18H,2H2,1H3. The van der Waals surface area contributed by atoms with Crippen LogP contribution in [0, 0.1) is 0 Å². The van der Waals surface area contributed by atoms with E-state index in [0.717, 1.165) is 0 Å². The van der Waals surface area contributed by atoms with Gasteiger partial charge in [0.25, 0.3) is 0 Å². The average Bonchev–Trinajstić information content (AvgIpc) is 2.89. The molecule has 1 N–H and O–H groups in total. The predicted octanol–water partition coefficient (Wildman–Crippen LogP) is 3.88. The number of ether oxygens (including phenoxy) is 1. The van der Waals surface area contributed by atoms with Crippen molar-refractivity contribution in [3.05, 3.63) is 54.0 Å². The van der Waals surface area contributed by atoms with Crippen LogP contribution in [-0.4, -0.2) is 12.9 Å². The minimum Gasteiger partial charge on any atom is -0.467 e. The molecule has 1 aromatic carbocycles. The van der Waals surface area contributed by atoms with E-state index in [1.165, 1.54) is 18.4 Å². The third kappa shape index (κ3) is 3.54. The Bertz CT molecular complexity index is 538. The van der Waals surface area contributed by atoms with Gasteiger partial charge in [0.1, 0.15) is 11.5 Å². The van der Waals surface area contributed by atoms with Gasteiger partial charge in [-0.2, -0.15) is 0 Å². The Labute approximate surface area is 114 Å². The molecular weight excluding hydrogens is 271 g/mol. The summed E-state index contributed by atoms with van der Waals surface area (Å²) in [7, 11) is 0. The minimum atomic E-state index is -4.73. The first-order valence-corrected chi connectivity index (χ1v) is 6.12. The molecule has 1 heterocycles. The Morgan fingerprint density at radius 3 is 2.55 bits per heavy atom. The number of halogens is 3. The average molecular weight is 285 g/mol. The van der Waals surface area contributed by atoms with Crippen LogP contribution in [0.4, 0.5) is 13.2 Å². The summed E-state index contributed by atoms with van der Waals surface area (Å²) in [5, 5.41) is 3.09. The largest absolute Gasteiger partial charge is 0.573 e. The van der Waals surface area contributed by atoms with E-state index in [9.17, 15) is 13.2 Å². The SMILES string of the molecule is CCNC(c1ccco1)c1ccccc1OC(F)(F)F. The zero-order valence-corrected chi connectivity index (χ0v) is 10.8. The summed E-state index contributed by atoms with van der Waals surface area (Å²) >= 11 is 0. The van der Waals surface area contributed by atoms with Gasteiger partial charge in [-0.05, 0) is 24.7 Å². The molecular formula is C14H14F3NO2. The second-order valence-corrected chi connectivity index (χ2v) is 4.09. The number of benzene rings is 1. The molecule has 0 spiro atoms. The van der Waals surface area contributed by atoms with Gasteiger partial charge in [0.2, 0.25) is 0 Å². The lowest BCUT2D eigenvalue weighted by Gasteiger charge is -2.20. The number of furan rings is 1. The molecule has 0 radical (unpaired) electrons. The molecule has 20 heavy (non-hydrogen) atoms. The van der Waals surface area contributed by atoms with Crippen LogP contribution in [0.5, 0.6) is 5.75 Å². The summed E-state index contributed by atoms with van der Waals surface area (Å²) in [6, 6.07) is 8.92. The molecule has 0 fully saturated rings. The maximum Gasteiger partial charge on any atom is 0.573 e. The van der Waals surface area contributed by atoms with Crippen molar-refractivity contribution in [2.75, 3.05) is 6.54 Å². The first-order chi connectivity index (χ1) is 9.51. The van der Waals surface area contributed by atoms with Crippen molar-refractivity contribution in [2.24, 2.45) is 0 Å². The van der Waals surface area contributed by atoms with E-state index in [2.05, 4.69) is 10.1 Å². The van der Waals surface area contributed by atoms with Crippen LogP contribution in [0.2, 0.25) is 0 Å². The summed E-state index contributed by atoms with van der Waals surface area (Å²) in [6.07, 6.45) is -3.25. The molecule has 3 nitrogen and oxygen atoms in total. The van der Waals surface area contributed by atoms with Crippen LogP contribution in [-0.2, 0) is 0 Å². The lowest BCUT2D eigenvalue weighted by molar-refractivity contribution is -0.275. The number of hydrogen-bond acceptors (Lipinski definition) is 3. The number of alkyl halides is 3. The fraction of sp³-hybridized carbons (Fsp3) is 0.286. The van der Waals surface area contributed by atoms with Crippen molar-refractivity contribution in [2.45, 2.75) is 19.3 Å². The number of para-hydroxylation sites is 1. The molecule has 0 amide bonds. The fourth-order valence-corrected chi connectivity index (χ4v) is 1.96. The molecule has 2 aromatic rings. The van der Waals surface area contributed by atoms with Gasteiger partial charge >= 0.3 is 6.36 Å². The Balaban J connectivity index is 2.38. The molecule has 0 aliphatic carbocycles. The molecule has 6 heteroatoms. The lowest BCUT2D eigenvalue weighted by atomic mass is 10.0. The summed E-state index contributed by atoms with van der Waals surface area (Å²) in [6.45, 7) is 2.44. The third-order valence-corrected chi connectivity index (χ3v) is 2.69. The predicted molar refractivity (Wildman–Crippen MR) is 67.4 cm³/mol. The number of nitrogens with one attached hydrogen (secondary N) is 1. The monoisotopic (exact) mass is 285 g/mol. The molecule has 0 aliphatic rings. The highest BCUT2D eigenvalue weighted by Crippen LogP contribution is 2.33. The van der Waals surface area contributed by atoms with Crippen molar-refractivity contribution in [1.82, 2.24) is 5.32 Å². The second kappa shape index (κ2) is 6.00. The zero-order valence-electron chi connectivity index (χ0n) is 10.8. The van der Waals surface area contributed by atoms with E-state index >= 15 is 0 Å². The normalized spacial score (nSPS) is 13.2. The van der Waals surface area contributed by atoms with Gasteiger partial charge in [-0.3, -0.25) is 0 Å². The van der Waals surface area contributed by atoms with E-state index in [1.807, 2.05) is 6.92 Å². The minimum absolute atomic E-state index is 0.234. The summed E-state index contributed by atoms with van der Waals surface area (Å²) < 4.78 is 46.7. The molecule has 0 aliphatic heterocycles. The van der Waals surface area contributed by atoms with Crippen molar-refractivity contribution in [3.63, 3.8) is 0 Å². The van der Waals surface area contributed by atoms with Crippen LogP contribution in [0.1, 0.15) is 24.3 Å². The zero-order chi connectivity index (χ0) is 14.6. The quantitative estimate of drug-likeness (QED) is 0.905. The first kappa shape index (κ1) is 14.5. The van der Waals surface area contributed by atoms with Gasteiger partial charge in [-0.25, -0.2) is 0 Å². The van der Waals surface area contributed by atoms with Crippen LogP contribution in [0.15, 0.2) is 47.1 Å². The Hall–Kier alpha value is -1.95. The van der Waals surface area contributed by atoms with Crippen molar-refractivity contribution in [3.8, 4) is 5.75 Å². The van der Waals surface area contributed by atoms with Crippen LogP contribution >= 0.6 is 0 Å². The van der Waals surface area contributed by atoms with E-state index < -0.39 is 12.4 Å². The third-order valence-electron chi connectivity index (χ3n) is 2.69. The molecule has 0 bridgehead atoms. The Kier molecular flexibility index (Phi) is 4.34. The molecule has 1 unspecified atom stereocenters. The smallest absolute Gasteiger partial charge is 0.467 e. The molecule has 0 saturated carbocycles. The molecule has 0 saturated heterocycles. The van der Waals surface area contributed by atoms with Gasteiger partial charge in [0, 0.05) is 5.56 Å². The van der Waals surface area contributed by atoms with Crippen molar-refractivity contribution < 1.29 is 22.3 Å². The Morgan fingerprint density at radius 2 is 1.95 bits per heavy atom. The highest BCUT2D eigenvalue weighted by molar-refractivity contribution is 5.39.